The maximum absolute atomic E-state index is 10.1. The van der Waals surface area contributed by atoms with Crippen molar-refractivity contribution < 1.29 is 33.6 Å². The fraction of sp³-hybridized carbons (Fsp3) is 0.571. The molecule has 0 spiro atoms. The quantitative estimate of drug-likeness (QED) is 0.819. The van der Waals surface area contributed by atoms with Gasteiger partial charge in [0.25, 0.3) is 0 Å². The van der Waals surface area contributed by atoms with E-state index in [1.165, 1.54) is 7.11 Å². The van der Waals surface area contributed by atoms with Gasteiger partial charge in [0.15, 0.2) is 12.6 Å². The summed E-state index contributed by atoms with van der Waals surface area (Å²) in [6, 6.07) is 3.58. The molecule has 2 fully saturated rings. The van der Waals surface area contributed by atoms with Crippen LogP contribution in [0.1, 0.15) is 5.76 Å². The fourth-order valence-electron chi connectivity index (χ4n) is 2.45. The number of furan rings is 1. The third kappa shape index (κ3) is 3.03. The molecule has 1 aromatic rings. The van der Waals surface area contributed by atoms with Crippen LogP contribution in [-0.4, -0.2) is 60.9 Å². The van der Waals surface area contributed by atoms with Gasteiger partial charge in [0.2, 0.25) is 0 Å². The van der Waals surface area contributed by atoms with E-state index in [0.717, 1.165) is 0 Å². The molecule has 2 saturated heterocycles. The Morgan fingerprint density at radius 3 is 2.86 bits per heavy atom. The molecule has 7 nitrogen and oxygen atoms in total. The highest BCUT2D eigenvalue weighted by Gasteiger charge is 2.48. The largest absolute Gasteiger partial charge is 0.465 e. The molecule has 3 heterocycles. The first-order valence-electron chi connectivity index (χ1n) is 6.72. The van der Waals surface area contributed by atoms with Gasteiger partial charge in [-0.2, -0.15) is 0 Å². The number of hydrogen-bond acceptors (Lipinski definition) is 7. The minimum atomic E-state index is -1.16. The average molecular weight is 298 g/mol. The second-order valence-corrected chi connectivity index (χ2v) is 4.94. The molecule has 0 saturated carbocycles. The molecule has 2 aliphatic rings. The van der Waals surface area contributed by atoms with Crippen molar-refractivity contribution in [3.63, 3.8) is 0 Å². The lowest BCUT2D eigenvalue weighted by Gasteiger charge is -2.45. The Balaban J connectivity index is 1.64. The summed E-state index contributed by atoms with van der Waals surface area (Å²) in [6.07, 6.45) is 0.0170. The Bertz CT molecular complexity index is 470. The molecule has 116 valence electrons. The van der Waals surface area contributed by atoms with Gasteiger partial charge in [0.05, 0.1) is 12.9 Å². The van der Waals surface area contributed by atoms with E-state index in [0.29, 0.717) is 5.76 Å². The van der Waals surface area contributed by atoms with Crippen LogP contribution in [0.15, 0.2) is 28.9 Å². The number of methoxy groups -OCH3 is 1. The predicted molar refractivity (Wildman–Crippen MR) is 70.0 cm³/mol. The van der Waals surface area contributed by atoms with Crippen LogP contribution in [0.4, 0.5) is 0 Å². The van der Waals surface area contributed by atoms with Gasteiger partial charge in [-0.3, -0.25) is 0 Å². The molecule has 2 unspecified atom stereocenters. The average Bonchev–Trinajstić information content (AvgIpc) is 3.02. The molecular formula is C14H18O7. The van der Waals surface area contributed by atoms with E-state index in [1.807, 2.05) is 0 Å². The van der Waals surface area contributed by atoms with E-state index in [-0.39, 0.29) is 6.61 Å². The van der Waals surface area contributed by atoms with E-state index in [2.05, 4.69) is 0 Å². The maximum atomic E-state index is 10.1. The second-order valence-electron chi connectivity index (χ2n) is 4.94. The van der Waals surface area contributed by atoms with Crippen molar-refractivity contribution in [2.45, 2.75) is 37.0 Å². The van der Waals surface area contributed by atoms with Crippen LogP contribution in [0.3, 0.4) is 0 Å². The summed E-state index contributed by atoms with van der Waals surface area (Å²) in [5.41, 5.74) is 0. The van der Waals surface area contributed by atoms with Crippen LogP contribution >= 0.6 is 0 Å². The van der Waals surface area contributed by atoms with Crippen molar-refractivity contribution in [1.29, 1.82) is 0 Å². The maximum Gasteiger partial charge on any atom is 0.186 e. The van der Waals surface area contributed by atoms with Crippen molar-refractivity contribution in [2.24, 2.45) is 0 Å². The van der Waals surface area contributed by atoms with Crippen molar-refractivity contribution in [2.75, 3.05) is 13.7 Å². The molecular weight excluding hydrogens is 280 g/mol. The van der Waals surface area contributed by atoms with Gasteiger partial charge in [-0.05, 0) is 24.3 Å². The molecule has 0 amide bonds. The molecule has 0 bridgehead atoms. The summed E-state index contributed by atoms with van der Waals surface area (Å²) in [5, 5.41) is 20.0. The van der Waals surface area contributed by atoms with Crippen LogP contribution in [0.5, 0.6) is 0 Å². The van der Waals surface area contributed by atoms with Crippen molar-refractivity contribution in [3.05, 3.63) is 30.2 Å². The zero-order valence-corrected chi connectivity index (χ0v) is 11.5. The number of rotatable bonds is 3. The summed E-state index contributed by atoms with van der Waals surface area (Å²) in [4.78, 5) is 0. The molecule has 0 radical (unpaired) electrons. The Morgan fingerprint density at radius 2 is 2.14 bits per heavy atom. The smallest absolute Gasteiger partial charge is 0.186 e. The molecule has 0 aromatic carbocycles. The molecule has 2 aliphatic heterocycles. The summed E-state index contributed by atoms with van der Waals surface area (Å²) in [6.45, 7) is 0.238. The van der Waals surface area contributed by atoms with E-state index in [4.69, 9.17) is 23.4 Å². The summed E-state index contributed by atoms with van der Waals surface area (Å²) < 4.78 is 26.8. The van der Waals surface area contributed by atoms with Gasteiger partial charge >= 0.3 is 0 Å². The lowest BCUT2D eigenvalue weighted by atomic mass is 9.98. The van der Waals surface area contributed by atoms with E-state index < -0.39 is 37.0 Å². The third-order valence-electron chi connectivity index (χ3n) is 3.55. The molecule has 21 heavy (non-hydrogen) atoms. The molecule has 0 aliphatic carbocycles. The minimum Gasteiger partial charge on any atom is -0.465 e. The first-order chi connectivity index (χ1) is 10.2. The number of fused-ring (bicyclic) bond motifs is 1. The standard InChI is InChI=1S/C14H18O7/c1-17-14-12(16)11(15)13-9(20-14)7-19-10(21-13)5-4-8-3-2-6-18-8/h2-6,9-16H,7H2,1H3/b5-4+/t9-,10?,11-,12-,13-,14?/m1/s1. The monoisotopic (exact) mass is 298 g/mol. The van der Waals surface area contributed by atoms with E-state index >= 15 is 0 Å². The van der Waals surface area contributed by atoms with Crippen LogP contribution < -0.4 is 0 Å². The van der Waals surface area contributed by atoms with Gasteiger partial charge < -0.3 is 33.6 Å². The summed E-state index contributed by atoms with van der Waals surface area (Å²) >= 11 is 0. The van der Waals surface area contributed by atoms with Gasteiger partial charge in [-0.15, -0.1) is 0 Å². The SMILES string of the molecule is COC1O[C@@H]2COC(/C=C/c3ccco3)O[C@H]2[C@H](O)[C@H]1O. The Hall–Kier alpha value is -1.22. The van der Waals surface area contributed by atoms with Crippen LogP contribution in [0, 0.1) is 0 Å². The molecule has 6 atom stereocenters. The van der Waals surface area contributed by atoms with E-state index in [9.17, 15) is 10.2 Å². The minimum absolute atomic E-state index is 0.238. The second kappa shape index (κ2) is 6.27. The topological polar surface area (TPSA) is 90.5 Å². The number of hydrogen-bond donors (Lipinski definition) is 2. The predicted octanol–water partition coefficient (Wildman–Crippen LogP) is 0.127. The lowest BCUT2D eigenvalue weighted by molar-refractivity contribution is -0.347. The first kappa shape index (κ1) is 14.7. The number of aliphatic hydroxyl groups is 2. The lowest BCUT2D eigenvalue weighted by Crippen LogP contribution is -2.62. The van der Waals surface area contributed by atoms with Crippen LogP contribution in [0.2, 0.25) is 0 Å². The zero-order valence-electron chi connectivity index (χ0n) is 11.5. The van der Waals surface area contributed by atoms with Crippen molar-refractivity contribution in [1.82, 2.24) is 0 Å². The van der Waals surface area contributed by atoms with Gasteiger partial charge in [0, 0.05) is 7.11 Å². The number of aliphatic hydroxyl groups excluding tert-OH is 2. The Labute approximate surface area is 121 Å². The van der Waals surface area contributed by atoms with Crippen LogP contribution in [0.25, 0.3) is 6.08 Å². The van der Waals surface area contributed by atoms with Gasteiger partial charge in [0.1, 0.15) is 30.2 Å². The third-order valence-corrected chi connectivity index (χ3v) is 3.55. The number of ether oxygens (including phenoxy) is 4. The normalized spacial score (nSPS) is 40.3. The zero-order chi connectivity index (χ0) is 14.8. The summed E-state index contributed by atoms with van der Waals surface area (Å²) in [7, 11) is 1.40. The fourth-order valence-corrected chi connectivity index (χ4v) is 2.45. The Kier molecular flexibility index (Phi) is 4.39. The van der Waals surface area contributed by atoms with Crippen molar-refractivity contribution >= 4 is 6.08 Å². The summed E-state index contributed by atoms with van der Waals surface area (Å²) in [5.74, 6) is 0.671. The van der Waals surface area contributed by atoms with Crippen molar-refractivity contribution in [3.8, 4) is 0 Å². The van der Waals surface area contributed by atoms with Gasteiger partial charge in [-0.1, -0.05) is 0 Å². The molecule has 7 heteroatoms. The van der Waals surface area contributed by atoms with Crippen LogP contribution in [-0.2, 0) is 18.9 Å². The highest BCUT2D eigenvalue weighted by atomic mass is 16.7. The van der Waals surface area contributed by atoms with E-state index in [1.54, 1.807) is 30.5 Å². The first-order valence-corrected chi connectivity index (χ1v) is 6.72. The van der Waals surface area contributed by atoms with Gasteiger partial charge in [-0.25, -0.2) is 0 Å². The molecule has 2 N–H and O–H groups in total. The Morgan fingerprint density at radius 1 is 1.29 bits per heavy atom. The highest BCUT2D eigenvalue weighted by molar-refractivity contribution is 5.42. The molecule has 3 rings (SSSR count). The molecule has 1 aromatic heterocycles. The highest BCUT2D eigenvalue weighted by Crippen LogP contribution is 2.29.